The van der Waals surface area contributed by atoms with E-state index in [1.807, 2.05) is 36.4 Å². The van der Waals surface area contributed by atoms with Crippen LogP contribution in [0, 0.1) is 0 Å². The van der Waals surface area contributed by atoms with E-state index in [0.29, 0.717) is 16.8 Å². The van der Waals surface area contributed by atoms with Crippen molar-refractivity contribution in [3.8, 4) is 5.75 Å². The summed E-state index contributed by atoms with van der Waals surface area (Å²) < 4.78 is 17.0. The first-order chi connectivity index (χ1) is 15.1. The number of para-hydroxylation sites is 2. The molecule has 2 heterocycles. The Hall–Kier alpha value is -4.14. The van der Waals surface area contributed by atoms with Gasteiger partial charge in [-0.05, 0) is 24.3 Å². The first-order valence-corrected chi connectivity index (χ1v) is 9.58. The van der Waals surface area contributed by atoms with E-state index >= 15 is 0 Å². The van der Waals surface area contributed by atoms with E-state index in [0.717, 1.165) is 9.95 Å². The number of fused-ring (bicyclic) bond motifs is 3. The van der Waals surface area contributed by atoms with Gasteiger partial charge in [0.2, 0.25) is 5.58 Å². The number of aromatic nitrogens is 2. The molecule has 9 nitrogen and oxygen atoms in total. The zero-order valence-corrected chi connectivity index (χ0v) is 16.4. The maximum atomic E-state index is 12.6. The van der Waals surface area contributed by atoms with E-state index in [4.69, 9.17) is 13.9 Å². The van der Waals surface area contributed by atoms with Crippen LogP contribution in [0.2, 0.25) is 0 Å². The molecule has 158 valence electrons. The van der Waals surface area contributed by atoms with Crippen molar-refractivity contribution in [2.24, 2.45) is 0 Å². The van der Waals surface area contributed by atoms with Crippen molar-refractivity contribution in [1.29, 1.82) is 0 Å². The summed E-state index contributed by atoms with van der Waals surface area (Å²) in [5, 5.41) is 3.31. The predicted molar refractivity (Wildman–Crippen MR) is 112 cm³/mol. The molecule has 0 saturated carbocycles. The van der Waals surface area contributed by atoms with Gasteiger partial charge in [-0.1, -0.05) is 30.3 Å². The van der Waals surface area contributed by atoms with E-state index < -0.39 is 24.0 Å². The van der Waals surface area contributed by atoms with Gasteiger partial charge in [-0.15, -0.1) is 0 Å². The van der Waals surface area contributed by atoms with Crippen molar-refractivity contribution in [1.82, 2.24) is 14.9 Å². The molecule has 31 heavy (non-hydrogen) atoms. The molecule has 0 radical (unpaired) electrons. The topological polar surface area (TPSA) is 113 Å². The van der Waals surface area contributed by atoms with Gasteiger partial charge in [-0.25, -0.2) is 4.98 Å². The number of carbonyl (C=O) groups is 2. The summed E-state index contributed by atoms with van der Waals surface area (Å²) in [6, 6.07) is 16.3. The number of esters is 1. The van der Waals surface area contributed by atoms with E-state index in [1.165, 1.54) is 6.33 Å². The minimum atomic E-state index is -0.741. The van der Waals surface area contributed by atoms with Crippen LogP contribution in [0.25, 0.3) is 22.1 Å². The number of hydrogen-bond acceptors (Lipinski definition) is 7. The van der Waals surface area contributed by atoms with E-state index in [9.17, 15) is 14.4 Å². The highest BCUT2D eigenvalue weighted by molar-refractivity contribution is 6.01. The summed E-state index contributed by atoms with van der Waals surface area (Å²) >= 11 is 0. The number of furan rings is 1. The molecule has 9 heteroatoms. The fourth-order valence-electron chi connectivity index (χ4n) is 2.99. The Morgan fingerprint density at radius 3 is 2.68 bits per heavy atom. The lowest BCUT2D eigenvalue weighted by Crippen LogP contribution is -2.33. The van der Waals surface area contributed by atoms with Crippen molar-refractivity contribution in [3.05, 3.63) is 71.3 Å². The van der Waals surface area contributed by atoms with Crippen LogP contribution in [0.4, 0.5) is 0 Å². The van der Waals surface area contributed by atoms with Gasteiger partial charge in [-0.2, -0.15) is 0 Å². The van der Waals surface area contributed by atoms with Crippen LogP contribution in [0.15, 0.2) is 70.1 Å². The molecule has 4 aromatic rings. The van der Waals surface area contributed by atoms with Gasteiger partial charge < -0.3 is 19.2 Å². The van der Waals surface area contributed by atoms with Crippen LogP contribution in [0.3, 0.4) is 0 Å². The predicted octanol–water partition coefficient (Wildman–Crippen LogP) is 1.88. The van der Waals surface area contributed by atoms with E-state index in [1.54, 1.807) is 18.2 Å². The van der Waals surface area contributed by atoms with Gasteiger partial charge >= 0.3 is 5.97 Å². The molecule has 4 rings (SSSR count). The zero-order valence-electron chi connectivity index (χ0n) is 16.4. The van der Waals surface area contributed by atoms with Crippen LogP contribution >= 0.6 is 0 Å². The van der Waals surface area contributed by atoms with Crippen LogP contribution in [-0.2, 0) is 20.9 Å². The minimum Gasteiger partial charge on any atom is -0.492 e. The summed E-state index contributed by atoms with van der Waals surface area (Å²) in [6.45, 7) is -0.303. The smallest absolute Gasteiger partial charge is 0.326 e. The zero-order chi connectivity index (χ0) is 21.6. The normalized spacial score (nSPS) is 10.8. The van der Waals surface area contributed by atoms with Gasteiger partial charge in [0.25, 0.3) is 11.5 Å². The average molecular weight is 421 g/mol. The molecule has 0 bridgehead atoms. The molecular formula is C22H19N3O6. The van der Waals surface area contributed by atoms with E-state index in [-0.39, 0.29) is 25.3 Å². The van der Waals surface area contributed by atoms with Gasteiger partial charge in [0, 0.05) is 5.39 Å². The van der Waals surface area contributed by atoms with Crippen LogP contribution in [0.1, 0.15) is 0 Å². The van der Waals surface area contributed by atoms with Gasteiger partial charge in [0.1, 0.15) is 30.0 Å². The Morgan fingerprint density at radius 1 is 1.06 bits per heavy atom. The molecule has 0 fully saturated rings. The average Bonchev–Trinajstić information content (AvgIpc) is 3.17. The lowest BCUT2D eigenvalue weighted by atomic mass is 10.2. The summed E-state index contributed by atoms with van der Waals surface area (Å²) in [5.41, 5.74) is 0.533. The van der Waals surface area contributed by atoms with Crippen molar-refractivity contribution in [2.45, 2.75) is 6.54 Å². The molecule has 1 N–H and O–H groups in total. The number of nitrogens with zero attached hydrogens (tertiary/aromatic N) is 2. The number of hydrogen-bond donors (Lipinski definition) is 1. The fraction of sp³-hybridized carbons (Fsp3) is 0.182. The van der Waals surface area contributed by atoms with Gasteiger partial charge in [0.05, 0.1) is 12.9 Å². The Labute approximate surface area is 176 Å². The lowest BCUT2D eigenvalue weighted by Gasteiger charge is -2.08. The molecule has 2 aromatic heterocycles. The highest BCUT2D eigenvalue weighted by Gasteiger charge is 2.15. The van der Waals surface area contributed by atoms with Gasteiger partial charge in [-0.3, -0.25) is 19.0 Å². The van der Waals surface area contributed by atoms with Crippen LogP contribution in [0.5, 0.6) is 5.75 Å². The molecule has 0 aliphatic carbocycles. The second-order valence-electron chi connectivity index (χ2n) is 6.63. The molecule has 0 aliphatic heterocycles. The van der Waals surface area contributed by atoms with Crippen molar-refractivity contribution in [3.63, 3.8) is 0 Å². The molecule has 2 aromatic carbocycles. The Kier molecular flexibility index (Phi) is 5.93. The SMILES string of the molecule is O=C(COC(=O)Cn1cnc2c(oc3ccccc32)c1=O)NCCOc1ccccc1. The number of benzene rings is 2. The molecule has 0 saturated heterocycles. The standard InChI is InChI=1S/C22H19N3O6/c26-18(23-10-11-29-15-6-2-1-3-7-15)13-30-19(27)12-25-14-24-20-16-8-4-5-9-17(16)31-21(20)22(25)28/h1-9,14H,10-13H2,(H,23,26). The Balaban J connectivity index is 1.27. The monoisotopic (exact) mass is 421 g/mol. The summed E-state index contributed by atoms with van der Waals surface area (Å²) in [6.07, 6.45) is 1.26. The molecule has 0 spiro atoms. The maximum Gasteiger partial charge on any atom is 0.326 e. The fourth-order valence-corrected chi connectivity index (χ4v) is 2.99. The van der Waals surface area contributed by atoms with Gasteiger partial charge in [0.15, 0.2) is 6.61 Å². The van der Waals surface area contributed by atoms with E-state index in [2.05, 4.69) is 10.3 Å². The first-order valence-electron chi connectivity index (χ1n) is 9.58. The summed E-state index contributed by atoms with van der Waals surface area (Å²) in [7, 11) is 0. The minimum absolute atomic E-state index is 0.0626. The second-order valence-corrected chi connectivity index (χ2v) is 6.63. The maximum absolute atomic E-state index is 12.6. The molecular weight excluding hydrogens is 402 g/mol. The number of rotatable bonds is 8. The highest BCUT2D eigenvalue weighted by atomic mass is 16.5. The number of amides is 1. The Morgan fingerprint density at radius 2 is 1.84 bits per heavy atom. The van der Waals surface area contributed by atoms with Crippen molar-refractivity contribution < 1.29 is 23.5 Å². The highest BCUT2D eigenvalue weighted by Crippen LogP contribution is 2.23. The van der Waals surface area contributed by atoms with Crippen LogP contribution in [-0.4, -0.2) is 41.2 Å². The molecule has 1 amide bonds. The third-order valence-electron chi connectivity index (χ3n) is 4.45. The first kappa shape index (κ1) is 20.1. The lowest BCUT2D eigenvalue weighted by molar-refractivity contribution is -0.149. The third-order valence-corrected chi connectivity index (χ3v) is 4.45. The Bertz CT molecular complexity index is 1280. The number of ether oxygens (including phenoxy) is 2. The van der Waals surface area contributed by atoms with Crippen molar-refractivity contribution in [2.75, 3.05) is 19.8 Å². The third kappa shape index (κ3) is 4.72. The quantitative estimate of drug-likeness (QED) is 0.341. The number of carbonyl (C=O) groups excluding carboxylic acids is 2. The molecule has 0 aliphatic rings. The summed E-state index contributed by atoms with van der Waals surface area (Å²) in [4.78, 5) is 40.7. The molecule has 0 unspecified atom stereocenters. The van der Waals surface area contributed by atoms with Crippen molar-refractivity contribution >= 4 is 33.9 Å². The number of nitrogens with one attached hydrogen (secondary N) is 1. The second kappa shape index (κ2) is 9.12. The largest absolute Gasteiger partial charge is 0.492 e. The summed E-state index contributed by atoms with van der Waals surface area (Å²) in [5.74, 6) is -0.512. The molecule has 0 atom stereocenters. The van der Waals surface area contributed by atoms with Crippen LogP contribution < -0.4 is 15.6 Å².